The van der Waals surface area contributed by atoms with Crippen molar-refractivity contribution in [3.8, 4) is 11.4 Å². The molecule has 2 aromatic heterocycles. The highest BCUT2D eigenvalue weighted by Crippen LogP contribution is 2.21. The van der Waals surface area contributed by atoms with E-state index in [0.29, 0.717) is 11.4 Å². The Balaban J connectivity index is 2.15. The first-order valence-electron chi connectivity index (χ1n) is 5.65. The lowest BCUT2D eigenvalue weighted by atomic mass is 9.97. The molecule has 2 aromatic rings. The Morgan fingerprint density at radius 1 is 1.00 bits per heavy atom. The van der Waals surface area contributed by atoms with Crippen LogP contribution in [-0.2, 0) is 0 Å². The summed E-state index contributed by atoms with van der Waals surface area (Å²) < 4.78 is 0. The molecule has 0 aliphatic heterocycles. The highest BCUT2D eigenvalue weighted by molar-refractivity contribution is 6.23. The van der Waals surface area contributed by atoms with Crippen LogP contribution in [0.15, 0.2) is 48.3 Å². The highest BCUT2D eigenvalue weighted by Gasteiger charge is 2.25. The van der Waals surface area contributed by atoms with Gasteiger partial charge in [-0.05, 0) is 24.3 Å². The zero-order valence-corrected chi connectivity index (χ0v) is 9.83. The molecule has 0 atom stereocenters. The molecule has 5 nitrogen and oxygen atoms in total. The van der Waals surface area contributed by atoms with Gasteiger partial charge < -0.3 is 5.73 Å². The number of rotatable bonds is 1. The maximum absolute atomic E-state index is 11.8. The molecule has 0 amide bonds. The highest BCUT2D eigenvalue weighted by atomic mass is 16.1. The Hall–Kier alpha value is -2.82. The fraction of sp³-hybridized carbons (Fsp3) is 0. The summed E-state index contributed by atoms with van der Waals surface area (Å²) in [5, 5.41) is 0. The molecule has 0 saturated carbocycles. The van der Waals surface area contributed by atoms with E-state index in [1.54, 1.807) is 30.5 Å². The molecule has 2 N–H and O–H groups in total. The van der Waals surface area contributed by atoms with Crippen molar-refractivity contribution in [1.29, 1.82) is 0 Å². The molecule has 0 aromatic carbocycles. The van der Waals surface area contributed by atoms with E-state index in [1.165, 1.54) is 0 Å². The van der Waals surface area contributed by atoms with Gasteiger partial charge in [-0.2, -0.15) is 0 Å². The SMILES string of the molecule is NC1=CC(=O)c2nc(-c3ccccn3)ccc2C1=O. The summed E-state index contributed by atoms with van der Waals surface area (Å²) in [6, 6.07) is 8.62. The minimum Gasteiger partial charge on any atom is -0.395 e. The van der Waals surface area contributed by atoms with Crippen molar-refractivity contribution < 1.29 is 9.59 Å². The molecule has 0 spiro atoms. The lowest BCUT2D eigenvalue weighted by molar-refractivity contribution is 0.0980. The van der Waals surface area contributed by atoms with Crippen LogP contribution in [0.25, 0.3) is 11.4 Å². The Morgan fingerprint density at radius 2 is 1.84 bits per heavy atom. The number of nitrogens with two attached hydrogens (primary N) is 1. The summed E-state index contributed by atoms with van der Waals surface area (Å²) in [6.45, 7) is 0. The zero-order chi connectivity index (χ0) is 13.4. The third-order valence-electron chi connectivity index (χ3n) is 2.85. The van der Waals surface area contributed by atoms with Crippen molar-refractivity contribution >= 4 is 11.6 Å². The van der Waals surface area contributed by atoms with Crippen LogP contribution >= 0.6 is 0 Å². The van der Waals surface area contributed by atoms with E-state index in [1.807, 2.05) is 6.07 Å². The normalized spacial score (nSPS) is 14.0. The van der Waals surface area contributed by atoms with Crippen LogP contribution in [-0.4, -0.2) is 21.5 Å². The van der Waals surface area contributed by atoms with E-state index in [0.717, 1.165) is 6.08 Å². The van der Waals surface area contributed by atoms with Gasteiger partial charge in [0, 0.05) is 12.3 Å². The summed E-state index contributed by atoms with van der Waals surface area (Å²) in [5.74, 6) is -0.723. The van der Waals surface area contributed by atoms with Crippen LogP contribution in [0.3, 0.4) is 0 Å². The predicted octanol–water partition coefficient (Wildman–Crippen LogP) is 1.37. The number of carbonyl (C=O) groups is 2. The summed E-state index contributed by atoms with van der Waals surface area (Å²) >= 11 is 0. The largest absolute Gasteiger partial charge is 0.395 e. The molecule has 92 valence electrons. The van der Waals surface area contributed by atoms with Crippen molar-refractivity contribution in [3.05, 3.63) is 59.6 Å². The average molecular weight is 251 g/mol. The topological polar surface area (TPSA) is 85.9 Å². The number of hydrogen-bond donors (Lipinski definition) is 1. The Labute approximate surface area is 108 Å². The molecule has 19 heavy (non-hydrogen) atoms. The van der Waals surface area contributed by atoms with Crippen LogP contribution in [0.4, 0.5) is 0 Å². The van der Waals surface area contributed by atoms with Gasteiger partial charge in [0.1, 0.15) is 5.69 Å². The van der Waals surface area contributed by atoms with Gasteiger partial charge >= 0.3 is 0 Å². The molecular weight excluding hydrogens is 242 g/mol. The van der Waals surface area contributed by atoms with Gasteiger partial charge in [-0.25, -0.2) is 4.98 Å². The number of ketones is 2. The number of pyridine rings is 2. The molecule has 5 heteroatoms. The molecule has 0 fully saturated rings. The fourth-order valence-corrected chi connectivity index (χ4v) is 1.92. The average Bonchev–Trinajstić information content (AvgIpc) is 2.45. The van der Waals surface area contributed by atoms with E-state index in [2.05, 4.69) is 9.97 Å². The molecule has 1 aliphatic rings. The molecule has 0 saturated heterocycles. The second-order valence-corrected chi connectivity index (χ2v) is 4.10. The zero-order valence-electron chi connectivity index (χ0n) is 9.83. The maximum atomic E-state index is 11.8. The smallest absolute Gasteiger partial charge is 0.211 e. The van der Waals surface area contributed by atoms with E-state index in [-0.39, 0.29) is 28.5 Å². The Bertz CT molecular complexity index is 721. The van der Waals surface area contributed by atoms with Crippen molar-refractivity contribution in [2.75, 3.05) is 0 Å². The summed E-state index contributed by atoms with van der Waals surface area (Å²) in [5.41, 5.74) is 7.00. The minimum atomic E-state index is -0.366. The third-order valence-corrected chi connectivity index (χ3v) is 2.85. The monoisotopic (exact) mass is 251 g/mol. The number of Topliss-reactive ketones (excluding diaryl/α,β-unsaturated/α-hetero) is 1. The minimum absolute atomic E-state index is 0.0510. The van der Waals surface area contributed by atoms with Crippen LogP contribution < -0.4 is 5.73 Å². The number of aromatic nitrogens is 2. The number of carbonyl (C=O) groups excluding carboxylic acids is 2. The predicted molar refractivity (Wildman–Crippen MR) is 68.4 cm³/mol. The van der Waals surface area contributed by atoms with Crippen LogP contribution in [0.1, 0.15) is 20.8 Å². The van der Waals surface area contributed by atoms with Gasteiger partial charge in [0.05, 0.1) is 22.6 Å². The first-order chi connectivity index (χ1) is 9.16. The van der Waals surface area contributed by atoms with E-state index >= 15 is 0 Å². The molecular formula is C14H9N3O2. The second-order valence-electron chi connectivity index (χ2n) is 4.10. The number of hydrogen-bond acceptors (Lipinski definition) is 5. The van der Waals surface area contributed by atoms with Gasteiger partial charge in [-0.1, -0.05) is 6.07 Å². The first-order valence-corrected chi connectivity index (χ1v) is 5.65. The van der Waals surface area contributed by atoms with E-state index < -0.39 is 0 Å². The lowest BCUT2D eigenvalue weighted by Gasteiger charge is -2.12. The summed E-state index contributed by atoms with van der Waals surface area (Å²) in [4.78, 5) is 32.0. The number of fused-ring (bicyclic) bond motifs is 1. The molecule has 2 heterocycles. The van der Waals surface area contributed by atoms with Gasteiger partial charge in [-0.3, -0.25) is 14.6 Å². The lowest BCUT2D eigenvalue weighted by Crippen LogP contribution is -2.23. The number of allylic oxidation sites excluding steroid dienone is 2. The Kier molecular flexibility index (Phi) is 2.45. The first kappa shape index (κ1) is 11.3. The van der Waals surface area contributed by atoms with Crippen molar-refractivity contribution in [2.24, 2.45) is 5.73 Å². The van der Waals surface area contributed by atoms with E-state index in [4.69, 9.17) is 5.73 Å². The molecule has 0 unspecified atom stereocenters. The summed E-state index contributed by atoms with van der Waals surface area (Å²) in [6.07, 6.45) is 2.75. The summed E-state index contributed by atoms with van der Waals surface area (Å²) in [7, 11) is 0. The standard InChI is InChI=1S/C14H9N3O2/c15-9-7-12(18)13-8(14(9)19)4-5-11(17-13)10-3-1-2-6-16-10/h1-7H,15H2. The van der Waals surface area contributed by atoms with Gasteiger partial charge in [0.2, 0.25) is 11.6 Å². The molecule has 0 radical (unpaired) electrons. The molecule has 0 bridgehead atoms. The van der Waals surface area contributed by atoms with Crippen molar-refractivity contribution in [3.63, 3.8) is 0 Å². The van der Waals surface area contributed by atoms with E-state index in [9.17, 15) is 9.59 Å². The van der Waals surface area contributed by atoms with Crippen molar-refractivity contribution in [1.82, 2.24) is 9.97 Å². The number of nitrogens with zero attached hydrogens (tertiary/aromatic N) is 2. The van der Waals surface area contributed by atoms with Crippen LogP contribution in [0.5, 0.6) is 0 Å². The maximum Gasteiger partial charge on any atom is 0.211 e. The molecule has 1 aliphatic carbocycles. The van der Waals surface area contributed by atoms with Gasteiger partial charge in [0.25, 0.3) is 0 Å². The Morgan fingerprint density at radius 3 is 2.58 bits per heavy atom. The fourth-order valence-electron chi connectivity index (χ4n) is 1.92. The van der Waals surface area contributed by atoms with Crippen LogP contribution in [0, 0.1) is 0 Å². The molecule has 3 rings (SSSR count). The third kappa shape index (κ3) is 1.81. The van der Waals surface area contributed by atoms with Crippen molar-refractivity contribution in [2.45, 2.75) is 0 Å². The van der Waals surface area contributed by atoms with Gasteiger partial charge in [0.15, 0.2) is 0 Å². The van der Waals surface area contributed by atoms with Gasteiger partial charge in [-0.15, -0.1) is 0 Å². The van der Waals surface area contributed by atoms with Crippen LogP contribution in [0.2, 0.25) is 0 Å². The second kappa shape index (κ2) is 4.13. The quantitative estimate of drug-likeness (QED) is 0.827.